The summed E-state index contributed by atoms with van der Waals surface area (Å²) in [6.45, 7) is 2.62. The largest absolute Gasteiger partial charge is 0.494 e. The van der Waals surface area contributed by atoms with E-state index in [4.69, 9.17) is 26.2 Å². The second kappa shape index (κ2) is 8.36. The van der Waals surface area contributed by atoms with Gasteiger partial charge >= 0.3 is 11.9 Å². The summed E-state index contributed by atoms with van der Waals surface area (Å²) >= 11 is 5.78. The average Bonchev–Trinajstić information content (AvgIpc) is 2.57. The summed E-state index contributed by atoms with van der Waals surface area (Å²) in [5.41, 5.74) is 0.0986. The van der Waals surface area contributed by atoms with Gasteiger partial charge in [0.15, 0.2) is 0 Å². The van der Waals surface area contributed by atoms with E-state index < -0.39 is 11.9 Å². The molecule has 0 aromatic heterocycles. The van der Waals surface area contributed by atoms with Crippen LogP contribution in [0.3, 0.4) is 0 Å². The Balaban J connectivity index is 2.15. The molecule has 0 saturated heterocycles. The second-order valence-electron chi connectivity index (χ2n) is 5.07. The quantitative estimate of drug-likeness (QED) is 0.455. The van der Waals surface area contributed by atoms with E-state index in [1.165, 1.54) is 18.2 Å². The van der Waals surface area contributed by atoms with Gasteiger partial charge in [0.05, 0.1) is 12.2 Å². The number of halogens is 1. The third-order valence-corrected chi connectivity index (χ3v) is 3.45. The molecule has 0 bridgehead atoms. The first-order chi connectivity index (χ1) is 11.5. The zero-order valence-corrected chi connectivity index (χ0v) is 13.9. The molecule has 0 spiro atoms. The highest BCUT2D eigenvalue weighted by molar-refractivity contribution is 6.31. The van der Waals surface area contributed by atoms with Gasteiger partial charge in [-0.05, 0) is 42.8 Å². The molecule has 0 aliphatic carbocycles. The summed E-state index contributed by atoms with van der Waals surface area (Å²) in [6.07, 6.45) is 1.93. The van der Waals surface area contributed by atoms with Crippen molar-refractivity contribution in [3.63, 3.8) is 0 Å². The maximum Gasteiger partial charge on any atom is 0.343 e. The lowest BCUT2D eigenvalue weighted by atomic mass is 10.2. The van der Waals surface area contributed by atoms with Crippen molar-refractivity contribution in [1.82, 2.24) is 0 Å². The topological polar surface area (TPSA) is 72.8 Å². The second-order valence-corrected chi connectivity index (χ2v) is 5.50. The maximum absolute atomic E-state index is 12.3. The number of carbonyl (C=O) groups is 2. The first kappa shape index (κ1) is 17.8. The van der Waals surface area contributed by atoms with Gasteiger partial charge in [-0.25, -0.2) is 9.59 Å². The molecule has 0 heterocycles. The molecule has 126 valence electrons. The predicted octanol–water partition coefficient (Wildman–Crippen LogP) is 4.44. The van der Waals surface area contributed by atoms with Crippen LogP contribution in [0.1, 0.15) is 40.5 Å². The summed E-state index contributed by atoms with van der Waals surface area (Å²) < 4.78 is 10.7. The van der Waals surface area contributed by atoms with E-state index in [-0.39, 0.29) is 21.9 Å². The molecule has 1 N–H and O–H groups in total. The minimum atomic E-state index is -1.23. The molecule has 0 unspecified atom stereocenters. The molecule has 2 aromatic rings. The molecular weight excluding hydrogens is 332 g/mol. The van der Waals surface area contributed by atoms with Crippen molar-refractivity contribution in [2.45, 2.75) is 19.8 Å². The number of unbranched alkanes of at least 4 members (excludes halogenated alkanes) is 1. The zero-order valence-electron chi connectivity index (χ0n) is 13.1. The molecule has 0 atom stereocenters. The SMILES string of the molecule is CCCCOc1cccc(C(=O)Oc2ccc(Cl)cc2C(=O)O)c1. The molecule has 0 radical (unpaired) electrons. The van der Waals surface area contributed by atoms with E-state index in [0.717, 1.165) is 12.8 Å². The summed E-state index contributed by atoms with van der Waals surface area (Å²) in [4.78, 5) is 23.5. The monoisotopic (exact) mass is 348 g/mol. The third-order valence-electron chi connectivity index (χ3n) is 3.21. The Morgan fingerprint density at radius 3 is 2.67 bits per heavy atom. The molecule has 2 rings (SSSR count). The lowest BCUT2D eigenvalue weighted by Gasteiger charge is -2.09. The molecule has 0 aliphatic heterocycles. The van der Waals surface area contributed by atoms with Crippen LogP contribution in [0.25, 0.3) is 0 Å². The number of rotatable bonds is 7. The van der Waals surface area contributed by atoms with Crippen LogP contribution in [-0.2, 0) is 0 Å². The molecule has 24 heavy (non-hydrogen) atoms. The summed E-state index contributed by atoms with van der Waals surface area (Å²) in [7, 11) is 0. The highest BCUT2D eigenvalue weighted by atomic mass is 35.5. The van der Waals surface area contributed by atoms with Crippen molar-refractivity contribution < 1.29 is 24.2 Å². The van der Waals surface area contributed by atoms with E-state index >= 15 is 0 Å². The first-order valence-electron chi connectivity index (χ1n) is 7.49. The van der Waals surface area contributed by atoms with Crippen molar-refractivity contribution in [3.8, 4) is 11.5 Å². The van der Waals surface area contributed by atoms with Gasteiger partial charge < -0.3 is 14.6 Å². The van der Waals surface area contributed by atoms with Gasteiger partial charge in [0.2, 0.25) is 0 Å². The van der Waals surface area contributed by atoms with Crippen LogP contribution in [0.2, 0.25) is 5.02 Å². The average molecular weight is 349 g/mol. The highest BCUT2D eigenvalue weighted by Crippen LogP contribution is 2.24. The molecule has 6 heteroatoms. The van der Waals surface area contributed by atoms with E-state index in [2.05, 4.69) is 6.92 Å². The molecule has 0 amide bonds. The van der Waals surface area contributed by atoms with Crippen LogP contribution < -0.4 is 9.47 Å². The highest BCUT2D eigenvalue weighted by Gasteiger charge is 2.17. The molecule has 2 aromatic carbocycles. The minimum Gasteiger partial charge on any atom is -0.494 e. The molecule has 0 fully saturated rings. The van der Waals surface area contributed by atoms with Crippen LogP contribution >= 0.6 is 11.6 Å². The van der Waals surface area contributed by atoms with Crippen LogP contribution in [-0.4, -0.2) is 23.7 Å². The molecular formula is C18H17ClO5. The first-order valence-corrected chi connectivity index (χ1v) is 7.87. The van der Waals surface area contributed by atoms with Crippen molar-refractivity contribution in [2.75, 3.05) is 6.61 Å². The summed E-state index contributed by atoms with van der Waals surface area (Å²) in [5, 5.41) is 9.42. The predicted molar refractivity (Wildman–Crippen MR) is 90.2 cm³/mol. The number of hydrogen-bond donors (Lipinski definition) is 1. The number of carboxylic acid groups (broad SMARTS) is 1. The van der Waals surface area contributed by atoms with Crippen LogP contribution in [0.15, 0.2) is 42.5 Å². The standard InChI is InChI=1S/C18H17ClO5/c1-2-3-9-23-14-6-4-5-12(10-14)18(22)24-16-8-7-13(19)11-15(16)17(20)21/h4-8,10-11H,2-3,9H2,1H3,(H,20,21). The Morgan fingerprint density at radius 1 is 1.17 bits per heavy atom. The van der Waals surface area contributed by atoms with Crippen LogP contribution in [0.4, 0.5) is 0 Å². The normalized spacial score (nSPS) is 10.2. The number of hydrogen-bond acceptors (Lipinski definition) is 4. The van der Waals surface area contributed by atoms with Crippen molar-refractivity contribution in [2.24, 2.45) is 0 Å². The van der Waals surface area contributed by atoms with E-state index in [1.807, 2.05) is 0 Å². The third kappa shape index (κ3) is 4.73. The van der Waals surface area contributed by atoms with Gasteiger partial charge in [0.25, 0.3) is 0 Å². The number of aromatic carboxylic acids is 1. The minimum absolute atomic E-state index is 0.0609. The lowest BCUT2D eigenvalue weighted by Crippen LogP contribution is -2.11. The zero-order chi connectivity index (χ0) is 17.5. The van der Waals surface area contributed by atoms with Gasteiger partial charge in [0, 0.05) is 5.02 Å². The maximum atomic E-state index is 12.3. The Morgan fingerprint density at radius 2 is 1.96 bits per heavy atom. The smallest absolute Gasteiger partial charge is 0.343 e. The van der Waals surface area contributed by atoms with E-state index in [1.54, 1.807) is 24.3 Å². The number of benzene rings is 2. The summed E-state index contributed by atoms with van der Waals surface area (Å²) in [6, 6.07) is 10.6. The van der Waals surface area contributed by atoms with Gasteiger partial charge in [-0.15, -0.1) is 0 Å². The fourth-order valence-corrected chi connectivity index (χ4v) is 2.14. The van der Waals surface area contributed by atoms with Crippen LogP contribution in [0.5, 0.6) is 11.5 Å². The van der Waals surface area contributed by atoms with Crippen molar-refractivity contribution in [3.05, 3.63) is 58.6 Å². The number of esters is 1. The Kier molecular flexibility index (Phi) is 6.21. The van der Waals surface area contributed by atoms with Gasteiger partial charge in [-0.3, -0.25) is 0 Å². The molecule has 0 aliphatic rings. The Bertz CT molecular complexity index is 742. The van der Waals surface area contributed by atoms with Gasteiger partial charge in [0.1, 0.15) is 17.1 Å². The molecule has 5 nitrogen and oxygen atoms in total. The molecule has 0 saturated carbocycles. The van der Waals surface area contributed by atoms with E-state index in [9.17, 15) is 9.59 Å². The van der Waals surface area contributed by atoms with Crippen molar-refractivity contribution in [1.29, 1.82) is 0 Å². The lowest BCUT2D eigenvalue weighted by molar-refractivity contribution is 0.0681. The van der Waals surface area contributed by atoms with Gasteiger partial charge in [-0.1, -0.05) is 31.0 Å². The Hall–Kier alpha value is -2.53. The van der Waals surface area contributed by atoms with Crippen molar-refractivity contribution >= 4 is 23.5 Å². The van der Waals surface area contributed by atoms with Gasteiger partial charge in [-0.2, -0.15) is 0 Å². The fourth-order valence-electron chi connectivity index (χ4n) is 1.96. The number of carbonyl (C=O) groups excluding carboxylic acids is 1. The summed E-state index contributed by atoms with van der Waals surface area (Å²) in [5.74, 6) is -1.39. The number of ether oxygens (including phenoxy) is 2. The van der Waals surface area contributed by atoms with E-state index in [0.29, 0.717) is 12.4 Å². The Labute approximate surface area is 144 Å². The fraction of sp³-hybridized carbons (Fsp3) is 0.222. The van der Waals surface area contributed by atoms with Crippen LogP contribution in [0, 0.1) is 0 Å². The number of carboxylic acids is 1.